The molecule has 162 valence electrons. The quantitative estimate of drug-likeness (QED) is 0.343. The van der Waals surface area contributed by atoms with Crippen molar-refractivity contribution in [1.29, 1.82) is 0 Å². The third kappa shape index (κ3) is 5.59. The van der Waals surface area contributed by atoms with Crippen LogP contribution in [-0.2, 0) is 11.3 Å². The van der Waals surface area contributed by atoms with Crippen LogP contribution < -0.4 is 14.8 Å². The number of rotatable bonds is 10. The molecule has 1 amide bonds. The molecule has 7 nitrogen and oxygen atoms in total. The molecule has 3 aromatic rings. The van der Waals surface area contributed by atoms with Gasteiger partial charge in [0.1, 0.15) is 11.5 Å². The lowest BCUT2D eigenvalue weighted by molar-refractivity contribution is -0.113. The maximum absolute atomic E-state index is 12.5. The summed E-state index contributed by atoms with van der Waals surface area (Å²) in [5.41, 5.74) is 1.35. The van der Waals surface area contributed by atoms with E-state index in [1.54, 1.807) is 37.5 Å². The van der Waals surface area contributed by atoms with E-state index in [1.807, 2.05) is 29.7 Å². The number of halogens is 1. The highest BCUT2D eigenvalue weighted by atomic mass is 35.5. The minimum atomic E-state index is -0.174. The van der Waals surface area contributed by atoms with Gasteiger partial charge in [-0.05, 0) is 37.3 Å². The number of carbonyl (C=O) groups excluding carboxylic acids is 1. The van der Waals surface area contributed by atoms with E-state index in [2.05, 4.69) is 22.1 Å². The number of nitrogens with zero attached hydrogens (tertiary/aromatic N) is 3. The van der Waals surface area contributed by atoms with E-state index in [0.29, 0.717) is 51.9 Å². The van der Waals surface area contributed by atoms with Gasteiger partial charge in [0.2, 0.25) is 5.91 Å². The van der Waals surface area contributed by atoms with Crippen molar-refractivity contribution in [3.63, 3.8) is 0 Å². The number of ether oxygens (including phenoxy) is 2. The largest absolute Gasteiger partial charge is 0.496 e. The fraction of sp³-hybridized carbons (Fsp3) is 0.227. The Morgan fingerprint density at radius 1 is 1.26 bits per heavy atom. The molecule has 0 atom stereocenters. The number of methoxy groups -OCH3 is 1. The number of allylic oxidation sites excluding steroid dienone is 1. The van der Waals surface area contributed by atoms with Gasteiger partial charge in [0, 0.05) is 11.6 Å². The third-order valence-corrected chi connectivity index (χ3v) is 5.43. The molecule has 0 spiro atoms. The van der Waals surface area contributed by atoms with Crippen LogP contribution in [-0.4, -0.2) is 40.1 Å². The van der Waals surface area contributed by atoms with Crippen LogP contribution in [0.15, 0.2) is 60.3 Å². The van der Waals surface area contributed by atoms with Crippen molar-refractivity contribution in [3.8, 4) is 22.9 Å². The molecule has 1 heterocycles. The topological polar surface area (TPSA) is 78.3 Å². The van der Waals surface area contributed by atoms with Crippen LogP contribution in [0.5, 0.6) is 11.5 Å². The number of amides is 1. The molecule has 0 unspecified atom stereocenters. The molecule has 0 radical (unpaired) electrons. The predicted molar refractivity (Wildman–Crippen MR) is 124 cm³/mol. The van der Waals surface area contributed by atoms with Crippen molar-refractivity contribution >= 4 is 35.0 Å². The van der Waals surface area contributed by atoms with Crippen molar-refractivity contribution < 1.29 is 14.3 Å². The first-order chi connectivity index (χ1) is 15.1. The van der Waals surface area contributed by atoms with Crippen LogP contribution in [0.2, 0.25) is 5.02 Å². The second kappa shape index (κ2) is 10.9. The highest BCUT2D eigenvalue weighted by Gasteiger charge is 2.18. The van der Waals surface area contributed by atoms with Crippen LogP contribution in [0.1, 0.15) is 6.92 Å². The molecule has 1 aromatic heterocycles. The van der Waals surface area contributed by atoms with Gasteiger partial charge in [-0.2, -0.15) is 0 Å². The summed E-state index contributed by atoms with van der Waals surface area (Å²) in [4.78, 5) is 12.5. The maximum atomic E-state index is 12.5. The summed E-state index contributed by atoms with van der Waals surface area (Å²) in [5.74, 6) is 1.83. The smallest absolute Gasteiger partial charge is 0.234 e. The van der Waals surface area contributed by atoms with Gasteiger partial charge in [-0.15, -0.1) is 16.8 Å². The number of anilines is 1. The number of hydrogen-bond acceptors (Lipinski definition) is 6. The number of hydrogen-bond donors (Lipinski definition) is 1. The molecule has 1 N–H and O–H groups in total. The predicted octanol–water partition coefficient (Wildman–Crippen LogP) is 4.92. The number of aromatic nitrogens is 3. The molecule has 9 heteroatoms. The number of benzene rings is 2. The van der Waals surface area contributed by atoms with E-state index in [1.165, 1.54) is 11.8 Å². The van der Waals surface area contributed by atoms with Crippen LogP contribution in [0.3, 0.4) is 0 Å². The van der Waals surface area contributed by atoms with Crippen molar-refractivity contribution in [1.82, 2.24) is 14.8 Å². The Morgan fingerprint density at radius 3 is 2.81 bits per heavy atom. The van der Waals surface area contributed by atoms with Crippen LogP contribution in [0.25, 0.3) is 11.4 Å². The zero-order valence-electron chi connectivity index (χ0n) is 17.3. The summed E-state index contributed by atoms with van der Waals surface area (Å²) < 4.78 is 12.9. The molecular weight excluding hydrogens is 436 g/mol. The Labute approximate surface area is 190 Å². The van der Waals surface area contributed by atoms with E-state index in [9.17, 15) is 4.79 Å². The van der Waals surface area contributed by atoms with Gasteiger partial charge in [-0.1, -0.05) is 41.6 Å². The van der Waals surface area contributed by atoms with Crippen molar-refractivity contribution in [3.05, 3.63) is 60.1 Å². The molecule has 2 aromatic carbocycles. The van der Waals surface area contributed by atoms with Crippen molar-refractivity contribution in [2.24, 2.45) is 0 Å². The molecule has 0 aliphatic heterocycles. The summed E-state index contributed by atoms with van der Waals surface area (Å²) in [6, 6.07) is 12.6. The van der Waals surface area contributed by atoms with Gasteiger partial charge in [0.15, 0.2) is 11.0 Å². The first kappa shape index (κ1) is 22.7. The van der Waals surface area contributed by atoms with E-state index < -0.39 is 0 Å². The average molecular weight is 459 g/mol. The first-order valence-electron chi connectivity index (χ1n) is 9.59. The fourth-order valence-corrected chi connectivity index (χ4v) is 3.83. The zero-order valence-corrected chi connectivity index (χ0v) is 18.9. The number of nitrogens with one attached hydrogen (secondary N) is 1. The van der Waals surface area contributed by atoms with Crippen LogP contribution >= 0.6 is 23.4 Å². The molecular formula is C22H23ClN4O3S. The Balaban J connectivity index is 1.78. The van der Waals surface area contributed by atoms with E-state index >= 15 is 0 Å². The molecule has 0 fully saturated rings. The summed E-state index contributed by atoms with van der Waals surface area (Å²) >= 11 is 7.45. The zero-order chi connectivity index (χ0) is 22.2. The first-order valence-corrected chi connectivity index (χ1v) is 11.0. The maximum Gasteiger partial charge on any atom is 0.234 e. The summed E-state index contributed by atoms with van der Waals surface area (Å²) in [6.07, 6.45) is 1.74. The van der Waals surface area contributed by atoms with Crippen molar-refractivity contribution in [2.45, 2.75) is 18.6 Å². The van der Waals surface area contributed by atoms with Gasteiger partial charge in [0.25, 0.3) is 0 Å². The molecule has 0 aliphatic rings. The monoisotopic (exact) mass is 458 g/mol. The second-order valence-electron chi connectivity index (χ2n) is 6.32. The highest BCUT2D eigenvalue weighted by molar-refractivity contribution is 7.99. The summed E-state index contributed by atoms with van der Waals surface area (Å²) in [6.45, 7) is 6.69. The van der Waals surface area contributed by atoms with E-state index in [0.717, 1.165) is 0 Å². The van der Waals surface area contributed by atoms with Gasteiger partial charge in [-0.25, -0.2) is 0 Å². The van der Waals surface area contributed by atoms with Crippen molar-refractivity contribution in [2.75, 3.05) is 24.8 Å². The van der Waals surface area contributed by atoms with Gasteiger partial charge in [-0.3, -0.25) is 9.36 Å². The number of carbonyl (C=O) groups is 1. The lowest BCUT2D eigenvalue weighted by atomic mass is 10.2. The van der Waals surface area contributed by atoms with E-state index in [4.69, 9.17) is 21.1 Å². The fourth-order valence-electron chi connectivity index (χ4n) is 2.91. The Hall–Kier alpha value is -2.97. The molecule has 0 saturated heterocycles. The lowest BCUT2D eigenvalue weighted by Gasteiger charge is -2.12. The standard InChI is InChI=1S/C22H23ClN4O3S/c1-4-12-27-21(16-13-15(23)10-11-18(16)29-3)25-26-22(27)31-14-20(28)24-17-8-6-7-9-19(17)30-5-2/h4,6-11,13H,1,5,12,14H2,2-3H3,(H,24,28). The Bertz CT molecular complexity index is 1070. The normalized spacial score (nSPS) is 10.5. The van der Waals surface area contributed by atoms with Crippen LogP contribution in [0.4, 0.5) is 5.69 Å². The van der Waals surface area contributed by atoms with Gasteiger partial charge < -0.3 is 14.8 Å². The third-order valence-electron chi connectivity index (χ3n) is 4.22. The molecule has 0 saturated carbocycles. The molecule has 0 aliphatic carbocycles. The summed E-state index contributed by atoms with van der Waals surface area (Å²) in [7, 11) is 1.58. The molecule has 0 bridgehead atoms. The summed E-state index contributed by atoms with van der Waals surface area (Å²) in [5, 5.41) is 12.6. The second-order valence-corrected chi connectivity index (χ2v) is 7.70. The molecule has 31 heavy (non-hydrogen) atoms. The molecule has 3 rings (SSSR count). The highest BCUT2D eigenvalue weighted by Crippen LogP contribution is 2.33. The minimum absolute atomic E-state index is 0.155. The lowest BCUT2D eigenvalue weighted by Crippen LogP contribution is -2.15. The van der Waals surface area contributed by atoms with Gasteiger partial charge >= 0.3 is 0 Å². The SMILES string of the molecule is C=CCn1c(SCC(=O)Nc2ccccc2OCC)nnc1-c1cc(Cl)ccc1OC. The number of para-hydroxylation sites is 2. The minimum Gasteiger partial charge on any atom is -0.496 e. The van der Waals surface area contributed by atoms with Gasteiger partial charge in [0.05, 0.1) is 30.7 Å². The van der Waals surface area contributed by atoms with Crippen LogP contribution in [0, 0.1) is 0 Å². The van der Waals surface area contributed by atoms with E-state index in [-0.39, 0.29) is 11.7 Å². The number of thioether (sulfide) groups is 1. The Kier molecular flexibility index (Phi) is 7.97. The Morgan fingerprint density at radius 2 is 2.06 bits per heavy atom. The average Bonchev–Trinajstić information content (AvgIpc) is 3.16.